The Morgan fingerprint density at radius 1 is 1.10 bits per heavy atom. The van der Waals surface area contributed by atoms with Crippen LogP contribution in [0.1, 0.15) is 24.5 Å². The maximum absolute atomic E-state index is 6.23. The summed E-state index contributed by atoms with van der Waals surface area (Å²) in [6.07, 6.45) is 2.32. The van der Waals surface area contributed by atoms with E-state index >= 15 is 0 Å². The van der Waals surface area contributed by atoms with Gasteiger partial charge in [-0.3, -0.25) is 0 Å². The maximum Gasteiger partial charge on any atom is 0.162 e. The van der Waals surface area contributed by atoms with E-state index in [0.29, 0.717) is 30.1 Å². The lowest BCUT2D eigenvalue weighted by Gasteiger charge is -2.18. The predicted molar refractivity (Wildman–Crippen MR) is 83.1 cm³/mol. The number of benzene rings is 1. The average molecular weight is 368 g/mol. The van der Waals surface area contributed by atoms with Gasteiger partial charge in [0.05, 0.1) is 10.2 Å². The molecule has 108 valence electrons. The van der Waals surface area contributed by atoms with Gasteiger partial charge in [0.1, 0.15) is 18.4 Å². The highest BCUT2D eigenvalue weighted by Crippen LogP contribution is 2.44. The number of nitrogens with zero attached hydrogens (tertiary/aromatic N) is 2. The van der Waals surface area contributed by atoms with E-state index in [1.54, 1.807) is 0 Å². The molecule has 21 heavy (non-hydrogen) atoms. The Balaban J connectivity index is 1.79. The van der Waals surface area contributed by atoms with Gasteiger partial charge in [0.2, 0.25) is 0 Å². The highest BCUT2D eigenvalue weighted by molar-refractivity contribution is 9.10. The van der Waals surface area contributed by atoms with Gasteiger partial charge in [-0.25, -0.2) is 9.97 Å². The molecule has 1 aromatic carbocycles. The van der Waals surface area contributed by atoms with Crippen LogP contribution in [0.25, 0.3) is 11.4 Å². The summed E-state index contributed by atoms with van der Waals surface area (Å²) >= 11 is 9.72. The van der Waals surface area contributed by atoms with E-state index in [1.165, 1.54) is 0 Å². The topological polar surface area (TPSA) is 44.2 Å². The maximum atomic E-state index is 6.23. The fourth-order valence-electron chi connectivity index (χ4n) is 2.37. The lowest BCUT2D eigenvalue weighted by Crippen LogP contribution is -2.15. The van der Waals surface area contributed by atoms with Crippen molar-refractivity contribution < 1.29 is 9.47 Å². The molecule has 6 heteroatoms. The second-order valence-corrected chi connectivity index (χ2v) is 6.32. The Labute approximate surface area is 135 Å². The van der Waals surface area contributed by atoms with Gasteiger partial charge < -0.3 is 9.47 Å². The van der Waals surface area contributed by atoms with Crippen molar-refractivity contribution in [2.75, 3.05) is 13.2 Å². The Morgan fingerprint density at radius 2 is 1.86 bits per heavy atom. The van der Waals surface area contributed by atoms with Gasteiger partial charge in [-0.15, -0.1) is 0 Å². The number of fused-ring (bicyclic) bond motifs is 1. The Hall–Kier alpha value is -1.33. The summed E-state index contributed by atoms with van der Waals surface area (Å²) in [5.74, 6) is 2.61. The van der Waals surface area contributed by atoms with Crippen LogP contribution in [0.4, 0.5) is 0 Å². The van der Waals surface area contributed by atoms with Crippen LogP contribution in [-0.2, 0) is 0 Å². The monoisotopic (exact) mass is 366 g/mol. The molecule has 0 amide bonds. The standard InChI is InChI=1S/C15H12BrClN2O2/c16-12-13(8-1-2-8)18-15(19-14(12)17)9-3-4-10-11(7-9)21-6-5-20-10/h3-4,7-8H,1-2,5-6H2. The van der Waals surface area contributed by atoms with Crippen LogP contribution in [0.2, 0.25) is 5.15 Å². The van der Waals surface area contributed by atoms with E-state index in [-0.39, 0.29) is 0 Å². The molecule has 2 heterocycles. The van der Waals surface area contributed by atoms with Crippen molar-refractivity contribution in [3.63, 3.8) is 0 Å². The lowest BCUT2D eigenvalue weighted by atomic mass is 10.1. The van der Waals surface area contributed by atoms with E-state index in [1.807, 2.05) is 18.2 Å². The highest BCUT2D eigenvalue weighted by Gasteiger charge is 2.29. The largest absolute Gasteiger partial charge is 0.486 e. The highest BCUT2D eigenvalue weighted by atomic mass is 79.9. The molecule has 0 spiro atoms. The molecule has 2 aromatic rings. The van der Waals surface area contributed by atoms with Crippen molar-refractivity contribution in [1.82, 2.24) is 9.97 Å². The van der Waals surface area contributed by atoms with E-state index in [9.17, 15) is 0 Å². The van der Waals surface area contributed by atoms with Crippen LogP contribution >= 0.6 is 27.5 Å². The average Bonchev–Trinajstić information content (AvgIpc) is 3.34. The Bertz CT molecular complexity index is 719. The van der Waals surface area contributed by atoms with Gasteiger partial charge in [-0.05, 0) is 47.0 Å². The summed E-state index contributed by atoms with van der Waals surface area (Å²) in [7, 11) is 0. The third-order valence-electron chi connectivity index (χ3n) is 3.60. The molecule has 0 radical (unpaired) electrons. The first-order valence-electron chi connectivity index (χ1n) is 6.85. The zero-order chi connectivity index (χ0) is 14.4. The molecular weight excluding hydrogens is 356 g/mol. The van der Waals surface area contributed by atoms with E-state index in [2.05, 4.69) is 25.9 Å². The first-order chi connectivity index (χ1) is 10.2. The third kappa shape index (κ3) is 2.49. The molecule has 0 saturated heterocycles. The fraction of sp³-hybridized carbons (Fsp3) is 0.333. The number of ether oxygens (including phenoxy) is 2. The van der Waals surface area contributed by atoms with Crippen LogP contribution in [0, 0.1) is 0 Å². The minimum absolute atomic E-state index is 0.455. The first kappa shape index (κ1) is 13.3. The minimum Gasteiger partial charge on any atom is -0.486 e. The van der Waals surface area contributed by atoms with Crippen LogP contribution in [0.3, 0.4) is 0 Å². The van der Waals surface area contributed by atoms with E-state index in [4.69, 9.17) is 21.1 Å². The molecule has 0 N–H and O–H groups in total. The Morgan fingerprint density at radius 3 is 2.62 bits per heavy atom. The van der Waals surface area contributed by atoms with Gasteiger partial charge in [0.25, 0.3) is 0 Å². The van der Waals surface area contributed by atoms with Crippen molar-refractivity contribution in [1.29, 1.82) is 0 Å². The summed E-state index contributed by atoms with van der Waals surface area (Å²) in [6, 6.07) is 5.73. The van der Waals surface area contributed by atoms with Crippen molar-refractivity contribution in [3.05, 3.63) is 33.5 Å². The summed E-state index contributed by atoms with van der Waals surface area (Å²) in [5, 5.41) is 0.455. The van der Waals surface area contributed by atoms with E-state index < -0.39 is 0 Å². The zero-order valence-corrected chi connectivity index (χ0v) is 13.4. The molecule has 1 aliphatic heterocycles. The SMILES string of the molecule is Clc1nc(-c2ccc3c(c2)OCCO3)nc(C2CC2)c1Br. The lowest BCUT2D eigenvalue weighted by molar-refractivity contribution is 0.171. The molecular formula is C15H12BrClN2O2. The predicted octanol–water partition coefficient (Wildman–Crippen LogP) is 4.21. The molecule has 0 unspecified atom stereocenters. The van der Waals surface area contributed by atoms with Gasteiger partial charge in [-0.1, -0.05) is 11.6 Å². The molecule has 1 fully saturated rings. The van der Waals surface area contributed by atoms with Gasteiger partial charge in [0, 0.05) is 11.5 Å². The molecule has 0 bridgehead atoms. The van der Waals surface area contributed by atoms with Crippen molar-refractivity contribution in [3.8, 4) is 22.9 Å². The Kier molecular flexibility index (Phi) is 3.27. The number of hydrogen-bond donors (Lipinski definition) is 0. The summed E-state index contributed by atoms with van der Waals surface area (Å²) < 4.78 is 11.9. The minimum atomic E-state index is 0.455. The van der Waals surface area contributed by atoms with Crippen LogP contribution in [0.5, 0.6) is 11.5 Å². The normalized spacial score (nSPS) is 16.9. The summed E-state index contributed by atoms with van der Waals surface area (Å²) in [4.78, 5) is 9.05. The molecule has 1 aliphatic carbocycles. The molecule has 4 rings (SSSR count). The van der Waals surface area contributed by atoms with Crippen LogP contribution in [0.15, 0.2) is 22.7 Å². The third-order valence-corrected chi connectivity index (χ3v) is 4.88. The molecule has 0 atom stereocenters. The molecule has 2 aliphatic rings. The van der Waals surface area contributed by atoms with Crippen molar-refractivity contribution in [2.45, 2.75) is 18.8 Å². The smallest absolute Gasteiger partial charge is 0.162 e. The summed E-state index contributed by atoms with van der Waals surface area (Å²) in [5.41, 5.74) is 1.88. The quantitative estimate of drug-likeness (QED) is 0.746. The van der Waals surface area contributed by atoms with Gasteiger partial charge in [0.15, 0.2) is 17.3 Å². The fourth-order valence-corrected chi connectivity index (χ4v) is 3.05. The van der Waals surface area contributed by atoms with Crippen LogP contribution in [-0.4, -0.2) is 23.2 Å². The summed E-state index contributed by atoms with van der Waals surface area (Å²) in [6.45, 7) is 1.14. The second-order valence-electron chi connectivity index (χ2n) is 5.17. The second kappa shape index (κ2) is 5.14. The number of halogens is 2. The van der Waals surface area contributed by atoms with Gasteiger partial charge in [-0.2, -0.15) is 0 Å². The molecule has 1 aromatic heterocycles. The first-order valence-corrected chi connectivity index (χ1v) is 8.02. The van der Waals surface area contributed by atoms with Gasteiger partial charge >= 0.3 is 0 Å². The molecule has 4 nitrogen and oxygen atoms in total. The number of aromatic nitrogens is 2. The number of hydrogen-bond acceptors (Lipinski definition) is 4. The van der Waals surface area contributed by atoms with E-state index in [0.717, 1.165) is 40.1 Å². The van der Waals surface area contributed by atoms with Crippen molar-refractivity contribution in [2.24, 2.45) is 0 Å². The van der Waals surface area contributed by atoms with Crippen LogP contribution < -0.4 is 9.47 Å². The molecule has 1 saturated carbocycles. The zero-order valence-electron chi connectivity index (χ0n) is 11.1. The number of rotatable bonds is 2. The van der Waals surface area contributed by atoms with Crippen molar-refractivity contribution >= 4 is 27.5 Å².